The molecule has 1 atom stereocenters. The van der Waals surface area contributed by atoms with E-state index in [9.17, 15) is 14.7 Å². The van der Waals surface area contributed by atoms with E-state index in [1.54, 1.807) is 24.3 Å². The SMILES string of the molecule is CCCCCCCCc1ccc(Oc2cc(NC(=O)Nc3ccc(C#N)cc3)c(O)cc2NC(=O)C(CCCCCC)Oc2ccc(C(C)(C)CC)cc2C)cc1. The molecule has 0 aliphatic rings. The Labute approximate surface area is 340 Å². The van der Waals surface area contributed by atoms with E-state index in [0.717, 1.165) is 50.5 Å². The number of anilines is 3. The molecule has 4 N–H and O–H groups in total. The average Bonchev–Trinajstić information content (AvgIpc) is 3.20. The van der Waals surface area contributed by atoms with Crippen molar-refractivity contribution in [1.29, 1.82) is 5.26 Å². The summed E-state index contributed by atoms with van der Waals surface area (Å²) < 4.78 is 12.8. The number of hydrogen-bond acceptors (Lipinski definition) is 6. The van der Waals surface area contributed by atoms with Gasteiger partial charge in [0.2, 0.25) is 0 Å². The number of hydrogen-bond donors (Lipinski definition) is 4. The summed E-state index contributed by atoms with van der Waals surface area (Å²) in [5.41, 5.74) is 4.63. The van der Waals surface area contributed by atoms with E-state index in [-0.39, 0.29) is 34.2 Å². The molecule has 0 aromatic heterocycles. The molecule has 1 unspecified atom stereocenters. The van der Waals surface area contributed by atoms with Crippen molar-refractivity contribution < 1.29 is 24.2 Å². The van der Waals surface area contributed by atoms with Crippen LogP contribution in [0.5, 0.6) is 23.0 Å². The van der Waals surface area contributed by atoms with Gasteiger partial charge in [0.05, 0.1) is 23.0 Å². The van der Waals surface area contributed by atoms with Crippen LogP contribution < -0.4 is 25.4 Å². The molecular formula is C48H62N4O5. The number of amides is 3. The van der Waals surface area contributed by atoms with Crippen LogP contribution in [0.3, 0.4) is 0 Å². The number of carbonyl (C=O) groups is 2. The van der Waals surface area contributed by atoms with E-state index >= 15 is 0 Å². The molecule has 9 heteroatoms. The Morgan fingerprint density at radius 3 is 2.07 bits per heavy atom. The Balaban J connectivity index is 1.59. The lowest BCUT2D eigenvalue weighted by atomic mass is 9.81. The van der Waals surface area contributed by atoms with E-state index in [0.29, 0.717) is 29.2 Å². The third-order valence-corrected chi connectivity index (χ3v) is 10.6. The highest BCUT2D eigenvalue weighted by atomic mass is 16.5. The summed E-state index contributed by atoms with van der Waals surface area (Å²) in [6.07, 6.45) is 12.9. The van der Waals surface area contributed by atoms with Gasteiger partial charge in [-0.15, -0.1) is 0 Å². The molecule has 0 saturated carbocycles. The summed E-state index contributed by atoms with van der Waals surface area (Å²) in [4.78, 5) is 27.2. The highest BCUT2D eigenvalue weighted by molar-refractivity contribution is 6.02. The minimum atomic E-state index is -0.808. The van der Waals surface area contributed by atoms with Gasteiger partial charge in [-0.25, -0.2) is 4.79 Å². The zero-order chi connectivity index (χ0) is 41.2. The monoisotopic (exact) mass is 774 g/mol. The van der Waals surface area contributed by atoms with Gasteiger partial charge in [0.25, 0.3) is 5.91 Å². The van der Waals surface area contributed by atoms with E-state index in [1.807, 2.05) is 37.3 Å². The second-order valence-corrected chi connectivity index (χ2v) is 15.6. The minimum absolute atomic E-state index is 0.0121. The molecule has 4 aromatic rings. The lowest BCUT2D eigenvalue weighted by Crippen LogP contribution is -2.33. The smallest absolute Gasteiger partial charge is 0.323 e. The zero-order valence-corrected chi connectivity index (χ0v) is 34.8. The van der Waals surface area contributed by atoms with E-state index in [1.165, 1.54) is 55.4 Å². The number of urea groups is 1. The van der Waals surface area contributed by atoms with Gasteiger partial charge in [0.1, 0.15) is 17.2 Å². The Morgan fingerprint density at radius 2 is 1.42 bits per heavy atom. The minimum Gasteiger partial charge on any atom is -0.506 e. The maximum atomic E-state index is 14.1. The molecule has 0 aliphatic carbocycles. The molecule has 0 saturated heterocycles. The summed E-state index contributed by atoms with van der Waals surface area (Å²) in [5, 5.41) is 28.7. The van der Waals surface area contributed by atoms with Crippen LogP contribution in [0, 0.1) is 18.3 Å². The summed E-state index contributed by atoms with van der Waals surface area (Å²) in [6.45, 7) is 13.0. The second kappa shape index (κ2) is 22.3. The van der Waals surface area contributed by atoms with Crippen LogP contribution in [0.2, 0.25) is 0 Å². The average molecular weight is 775 g/mol. The highest BCUT2D eigenvalue weighted by Gasteiger charge is 2.25. The van der Waals surface area contributed by atoms with Crippen molar-refractivity contribution in [2.75, 3.05) is 16.0 Å². The lowest BCUT2D eigenvalue weighted by Gasteiger charge is -2.25. The van der Waals surface area contributed by atoms with Gasteiger partial charge >= 0.3 is 6.03 Å². The van der Waals surface area contributed by atoms with Crippen molar-refractivity contribution in [2.45, 2.75) is 137 Å². The number of phenolic OH excluding ortho intramolecular Hbond substituents is 1. The van der Waals surface area contributed by atoms with Gasteiger partial charge in [0.15, 0.2) is 11.9 Å². The van der Waals surface area contributed by atoms with Crippen LogP contribution in [0.1, 0.15) is 134 Å². The molecule has 57 heavy (non-hydrogen) atoms. The lowest BCUT2D eigenvalue weighted by molar-refractivity contribution is -0.123. The second-order valence-electron chi connectivity index (χ2n) is 15.6. The molecule has 9 nitrogen and oxygen atoms in total. The Hall–Kier alpha value is -5.49. The summed E-state index contributed by atoms with van der Waals surface area (Å²) >= 11 is 0. The van der Waals surface area contributed by atoms with Gasteiger partial charge in [-0.2, -0.15) is 5.26 Å². The Bertz CT molecular complexity index is 1930. The van der Waals surface area contributed by atoms with Gasteiger partial charge < -0.3 is 30.5 Å². The molecule has 3 amide bonds. The largest absolute Gasteiger partial charge is 0.506 e. The molecule has 304 valence electrons. The van der Waals surface area contributed by atoms with Crippen LogP contribution in [0.25, 0.3) is 0 Å². The van der Waals surface area contributed by atoms with Crippen LogP contribution in [0.4, 0.5) is 21.9 Å². The zero-order valence-electron chi connectivity index (χ0n) is 34.8. The third kappa shape index (κ3) is 13.9. The Morgan fingerprint density at radius 1 is 0.754 bits per heavy atom. The maximum absolute atomic E-state index is 14.1. The standard InChI is InChI=1S/C48H62N4O5/c1-7-10-12-14-15-16-18-35-22-27-39(28-23-35)56-45-32-40(52-47(55)50-38-25-20-36(33-49)21-26-38)42(53)31-41(45)51-46(54)44(19-17-13-11-8-2)57-43-29-24-37(30-34(43)4)48(5,6)9-3/h20-32,44,53H,7-19H2,1-6H3,(H,51,54)(H2,50,52,55). The number of benzene rings is 4. The van der Waals surface area contributed by atoms with Crippen molar-refractivity contribution in [2.24, 2.45) is 0 Å². The van der Waals surface area contributed by atoms with Crippen molar-refractivity contribution in [3.05, 3.63) is 101 Å². The molecule has 0 heterocycles. The molecule has 0 aliphatic heterocycles. The van der Waals surface area contributed by atoms with Crippen molar-refractivity contribution in [3.63, 3.8) is 0 Å². The molecular weight excluding hydrogens is 713 g/mol. The normalized spacial score (nSPS) is 11.7. The fourth-order valence-electron chi connectivity index (χ4n) is 6.50. The number of carbonyl (C=O) groups excluding carboxylic acids is 2. The predicted octanol–water partition coefficient (Wildman–Crippen LogP) is 13.0. The summed E-state index contributed by atoms with van der Waals surface area (Å²) in [7, 11) is 0. The highest BCUT2D eigenvalue weighted by Crippen LogP contribution is 2.39. The maximum Gasteiger partial charge on any atom is 0.323 e. The van der Waals surface area contributed by atoms with E-state index in [4.69, 9.17) is 14.7 Å². The first-order valence-electron chi connectivity index (χ1n) is 20.8. The van der Waals surface area contributed by atoms with Crippen LogP contribution in [-0.2, 0) is 16.6 Å². The number of aryl methyl sites for hydroxylation is 2. The van der Waals surface area contributed by atoms with Crippen molar-refractivity contribution in [3.8, 4) is 29.1 Å². The molecule has 0 spiro atoms. The number of nitrogens with zero attached hydrogens (tertiary/aromatic N) is 1. The third-order valence-electron chi connectivity index (χ3n) is 10.6. The number of ether oxygens (including phenoxy) is 2. The first-order valence-corrected chi connectivity index (χ1v) is 20.8. The van der Waals surface area contributed by atoms with Crippen molar-refractivity contribution in [1.82, 2.24) is 0 Å². The van der Waals surface area contributed by atoms with E-state index < -0.39 is 12.1 Å². The molecule has 4 rings (SSSR count). The first kappa shape index (κ1) is 44.2. The topological polar surface area (TPSA) is 133 Å². The van der Waals surface area contributed by atoms with Gasteiger partial charge in [0, 0.05) is 17.8 Å². The van der Waals surface area contributed by atoms with Gasteiger partial charge in [-0.1, -0.05) is 110 Å². The van der Waals surface area contributed by atoms with E-state index in [2.05, 4.69) is 68.8 Å². The Kier molecular flexibility index (Phi) is 17.3. The quantitative estimate of drug-likeness (QED) is 0.0464. The van der Waals surface area contributed by atoms with Crippen molar-refractivity contribution >= 4 is 29.0 Å². The first-order chi connectivity index (χ1) is 27.5. The van der Waals surface area contributed by atoms with Crippen LogP contribution in [0.15, 0.2) is 78.9 Å². The molecule has 0 radical (unpaired) electrons. The number of rotatable bonds is 22. The number of phenols is 1. The fraction of sp³-hybridized carbons (Fsp3) is 0.438. The summed E-state index contributed by atoms with van der Waals surface area (Å²) in [6, 6.07) is 24.8. The van der Waals surface area contributed by atoms with Crippen LogP contribution in [-0.4, -0.2) is 23.1 Å². The predicted molar refractivity (Wildman–Crippen MR) is 232 cm³/mol. The molecule has 4 aromatic carbocycles. The number of nitriles is 1. The fourth-order valence-corrected chi connectivity index (χ4v) is 6.50. The summed E-state index contributed by atoms with van der Waals surface area (Å²) in [5.74, 6) is 0.767. The van der Waals surface area contributed by atoms with Gasteiger partial charge in [-0.3, -0.25) is 4.79 Å². The molecule has 0 fully saturated rings. The number of aromatic hydroxyl groups is 1. The van der Waals surface area contributed by atoms with Crippen LogP contribution >= 0.6 is 0 Å². The number of nitrogens with one attached hydrogen (secondary N) is 3. The number of unbranched alkanes of at least 4 members (excludes halogenated alkanes) is 8. The molecule has 0 bridgehead atoms. The van der Waals surface area contributed by atoms with Gasteiger partial charge in [-0.05, 0) is 104 Å².